The Hall–Kier alpha value is -4.41. The summed E-state index contributed by atoms with van der Waals surface area (Å²) in [6.45, 7) is 2.96. The van der Waals surface area contributed by atoms with Crippen LogP contribution in [0.25, 0.3) is 11.3 Å². The molecule has 1 fully saturated rings. The van der Waals surface area contributed by atoms with Crippen molar-refractivity contribution in [1.29, 1.82) is 0 Å². The first-order chi connectivity index (χ1) is 15.8. The summed E-state index contributed by atoms with van der Waals surface area (Å²) in [6, 6.07) is 15.7. The van der Waals surface area contributed by atoms with Gasteiger partial charge in [-0.2, -0.15) is 0 Å². The Bertz CT molecular complexity index is 1170. The Morgan fingerprint density at radius 2 is 1.48 bits per heavy atom. The van der Waals surface area contributed by atoms with Gasteiger partial charge in [0.15, 0.2) is 5.82 Å². The minimum absolute atomic E-state index is 0.0699. The van der Waals surface area contributed by atoms with Gasteiger partial charge in [0.05, 0.1) is 21.1 Å². The Morgan fingerprint density at radius 3 is 2.00 bits per heavy atom. The number of nitro groups is 2. The lowest BCUT2D eigenvalue weighted by Crippen LogP contribution is -2.49. The molecule has 2 heterocycles. The molecule has 0 N–H and O–H groups in total. The first-order valence-electron chi connectivity index (χ1n) is 10.2. The van der Waals surface area contributed by atoms with Crippen LogP contribution in [0.2, 0.25) is 0 Å². The number of hydrogen-bond donors (Lipinski definition) is 0. The van der Waals surface area contributed by atoms with Crippen molar-refractivity contribution in [3.63, 3.8) is 0 Å². The van der Waals surface area contributed by atoms with Crippen LogP contribution in [0.3, 0.4) is 0 Å². The summed E-state index contributed by atoms with van der Waals surface area (Å²) in [6.07, 6.45) is 0. The lowest BCUT2D eigenvalue weighted by atomic mass is 10.1. The van der Waals surface area contributed by atoms with Crippen LogP contribution >= 0.6 is 0 Å². The molecule has 2 aromatic carbocycles. The van der Waals surface area contributed by atoms with Crippen molar-refractivity contribution in [3.8, 4) is 11.3 Å². The van der Waals surface area contributed by atoms with Crippen LogP contribution in [0.1, 0.15) is 15.9 Å². The molecule has 0 saturated carbocycles. The number of carbonyl (C=O) groups is 1. The van der Waals surface area contributed by atoms with Gasteiger partial charge in [0, 0.05) is 43.9 Å². The van der Waals surface area contributed by atoms with Gasteiger partial charge in [-0.25, -0.2) is 0 Å². The lowest BCUT2D eigenvalue weighted by molar-refractivity contribution is -0.395. The number of nitrogens with zero attached hydrogens (tertiary/aromatic N) is 6. The zero-order valence-electron chi connectivity index (χ0n) is 17.7. The summed E-state index contributed by atoms with van der Waals surface area (Å²) in [5, 5.41) is 31.2. The van der Waals surface area contributed by atoms with Crippen LogP contribution in [-0.2, 0) is 0 Å². The van der Waals surface area contributed by atoms with Crippen LogP contribution in [0.4, 0.5) is 17.2 Å². The molecular weight excluding hydrogens is 428 g/mol. The van der Waals surface area contributed by atoms with Gasteiger partial charge < -0.3 is 9.80 Å². The average Bonchev–Trinajstić information content (AvgIpc) is 2.84. The molecule has 0 radical (unpaired) electrons. The molecule has 11 nitrogen and oxygen atoms in total. The summed E-state index contributed by atoms with van der Waals surface area (Å²) in [7, 11) is 0. The zero-order chi connectivity index (χ0) is 23.5. The Labute approximate surface area is 188 Å². The van der Waals surface area contributed by atoms with Crippen LogP contribution in [0.15, 0.2) is 54.6 Å². The van der Waals surface area contributed by atoms with Gasteiger partial charge in [-0.05, 0) is 19.1 Å². The fourth-order valence-corrected chi connectivity index (χ4v) is 3.76. The molecule has 1 aliphatic heterocycles. The molecule has 1 amide bonds. The highest BCUT2D eigenvalue weighted by Gasteiger charge is 2.29. The topological polar surface area (TPSA) is 136 Å². The lowest BCUT2D eigenvalue weighted by Gasteiger charge is -2.35. The number of hydrogen-bond acceptors (Lipinski definition) is 8. The van der Waals surface area contributed by atoms with E-state index in [1.165, 1.54) is 11.8 Å². The van der Waals surface area contributed by atoms with Crippen molar-refractivity contribution in [2.45, 2.75) is 6.92 Å². The van der Waals surface area contributed by atoms with Crippen molar-refractivity contribution < 1.29 is 14.6 Å². The average molecular weight is 448 g/mol. The van der Waals surface area contributed by atoms with E-state index in [-0.39, 0.29) is 11.1 Å². The molecule has 0 unspecified atom stereocenters. The summed E-state index contributed by atoms with van der Waals surface area (Å²) in [4.78, 5) is 37.6. The Balaban J connectivity index is 1.46. The fraction of sp³-hybridized carbons (Fsp3) is 0.227. The van der Waals surface area contributed by atoms with E-state index in [1.807, 2.05) is 47.4 Å². The standard InChI is InChI=1S/C22H20N6O5/c1-15-19(27(30)31)13-17(14-20(15)28(32)33)22(29)26-11-9-25(10-12-26)21-8-7-18(23-24-21)16-5-3-2-4-6-16/h2-8,13-14H,9-12H2,1H3. The molecule has 0 atom stereocenters. The third-order valence-corrected chi connectivity index (χ3v) is 5.60. The normalized spacial score (nSPS) is 13.6. The van der Waals surface area contributed by atoms with Gasteiger partial charge in [0.25, 0.3) is 17.3 Å². The Morgan fingerprint density at radius 1 is 0.879 bits per heavy atom. The number of nitro benzene ring substituents is 2. The van der Waals surface area contributed by atoms with Crippen LogP contribution in [0.5, 0.6) is 0 Å². The molecule has 3 aromatic rings. The number of rotatable bonds is 5. The van der Waals surface area contributed by atoms with Gasteiger partial charge in [0.2, 0.25) is 0 Å². The number of amides is 1. The van der Waals surface area contributed by atoms with E-state index in [2.05, 4.69) is 10.2 Å². The Kier molecular flexibility index (Phi) is 5.94. The van der Waals surface area contributed by atoms with Gasteiger partial charge in [-0.3, -0.25) is 25.0 Å². The molecule has 1 saturated heterocycles. The molecule has 0 spiro atoms. The van der Waals surface area contributed by atoms with Crippen LogP contribution in [0, 0.1) is 27.2 Å². The number of aromatic nitrogens is 2. The summed E-state index contributed by atoms with van der Waals surface area (Å²) >= 11 is 0. The van der Waals surface area contributed by atoms with Crippen molar-refractivity contribution in [1.82, 2.24) is 15.1 Å². The quantitative estimate of drug-likeness (QED) is 0.429. The summed E-state index contributed by atoms with van der Waals surface area (Å²) in [5.74, 6) is 0.203. The molecule has 168 valence electrons. The third-order valence-electron chi connectivity index (χ3n) is 5.60. The molecule has 1 aromatic heterocycles. The molecule has 33 heavy (non-hydrogen) atoms. The highest BCUT2D eigenvalue weighted by Crippen LogP contribution is 2.30. The van der Waals surface area contributed by atoms with Crippen LogP contribution < -0.4 is 4.90 Å². The maximum atomic E-state index is 12.9. The molecule has 4 rings (SSSR count). The SMILES string of the molecule is Cc1c([N+](=O)[O-])cc(C(=O)N2CCN(c3ccc(-c4ccccc4)nn3)CC2)cc1[N+](=O)[O-]. The largest absolute Gasteiger partial charge is 0.352 e. The first-order valence-corrected chi connectivity index (χ1v) is 10.2. The van der Waals surface area contributed by atoms with Crippen molar-refractivity contribution in [3.05, 3.63) is 86.0 Å². The summed E-state index contributed by atoms with van der Waals surface area (Å²) < 4.78 is 0. The van der Waals surface area contributed by atoms with E-state index in [9.17, 15) is 25.0 Å². The fourth-order valence-electron chi connectivity index (χ4n) is 3.76. The molecule has 0 aliphatic carbocycles. The van der Waals surface area contributed by atoms with E-state index >= 15 is 0 Å². The first kappa shape index (κ1) is 21.8. The van der Waals surface area contributed by atoms with E-state index in [0.717, 1.165) is 23.4 Å². The third kappa shape index (κ3) is 4.47. The number of anilines is 1. The number of piperazine rings is 1. The van der Waals surface area contributed by atoms with E-state index < -0.39 is 27.1 Å². The zero-order valence-corrected chi connectivity index (χ0v) is 17.7. The van der Waals surface area contributed by atoms with Gasteiger partial charge >= 0.3 is 0 Å². The highest BCUT2D eigenvalue weighted by atomic mass is 16.6. The van der Waals surface area contributed by atoms with E-state index in [1.54, 1.807) is 0 Å². The van der Waals surface area contributed by atoms with Crippen molar-refractivity contribution >= 4 is 23.1 Å². The van der Waals surface area contributed by atoms with Gasteiger partial charge in [-0.1, -0.05) is 30.3 Å². The second kappa shape index (κ2) is 8.99. The van der Waals surface area contributed by atoms with Crippen molar-refractivity contribution in [2.24, 2.45) is 0 Å². The summed E-state index contributed by atoms with van der Waals surface area (Å²) in [5.41, 5.74) is 0.687. The molecule has 11 heteroatoms. The predicted octanol–water partition coefficient (Wildman–Crippen LogP) is 3.23. The second-order valence-corrected chi connectivity index (χ2v) is 7.58. The molecule has 0 bridgehead atoms. The van der Waals surface area contributed by atoms with Crippen LogP contribution in [-0.4, -0.2) is 57.0 Å². The van der Waals surface area contributed by atoms with Gasteiger partial charge in [0.1, 0.15) is 5.56 Å². The maximum Gasteiger partial charge on any atom is 0.279 e. The number of benzene rings is 2. The maximum absolute atomic E-state index is 12.9. The highest BCUT2D eigenvalue weighted by molar-refractivity contribution is 5.96. The second-order valence-electron chi connectivity index (χ2n) is 7.58. The van der Waals surface area contributed by atoms with E-state index in [4.69, 9.17) is 0 Å². The minimum atomic E-state index is -0.713. The predicted molar refractivity (Wildman–Crippen MR) is 120 cm³/mol. The van der Waals surface area contributed by atoms with Crippen molar-refractivity contribution in [2.75, 3.05) is 31.1 Å². The monoisotopic (exact) mass is 448 g/mol. The minimum Gasteiger partial charge on any atom is -0.352 e. The molecular formula is C22H20N6O5. The smallest absolute Gasteiger partial charge is 0.279 e. The molecule has 1 aliphatic rings. The van der Waals surface area contributed by atoms with E-state index in [0.29, 0.717) is 32.0 Å². The number of carbonyl (C=O) groups excluding carboxylic acids is 1. The van der Waals surface area contributed by atoms with Gasteiger partial charge in [-0.15, -0.1) is 10.2 Å².